The number of fused-ring (bicyclic) bond motifs is 1. The van der Waals surface area contributed by atoms with Crippen molar-refractivity contribution in [1.82, 2.24) is 10.2 Å². The van der Waals surface area contributed by atoms with Gasteiger partial charge in [0.05, 0.1) is 0 Å². The molecule has 4 aromatic rings. The van der Waals surface area contributed by atoms with Crippen LogP contribution in [0.3, 0.4) is 0 Å². The van der Waals surface area contributed by atoms with Gasteiger partial charge < -0.3 is 5.32 Å². The van der Waals surface area contributed by atoms with Gasteiger partial charge in [0.2, 0.25) is 0 Å². The van der Waals surface area contributed by atoms with Gasteiger partial charge in [0.25, 0.3) is 5.91 Å². The zero-order valence-corrected chi connectivity index (χ0v) is 22.8. The minimum atomic E-state index is -0.120. The monoisotopic (exact) mass is 508 g/mol. The average Bonchev–Trinajstić information content (AvgIpc) is 3.37. The van der Waals surface area contributed by atoms with Crippen molar-refractivity contribution in [1.29, 1.82) is 0 Å². The summed E-state index contributed by atoms with van der Waals surface area (Å²) in [5, 5.41) is 5.42. The number of benzene rings is 4. The summed E-state index contributed by atoms with van der Waals surface area (Å²) in [6.07, 6.45) is 1.77. The van der Waals surface area contributed by atoms with Gasteiger partial charge in [-0.05, 0) is 85.3 Å². The zero-order chi connectivity index (χ0) is 26.8. The van der Waals surface area contributed by atoms with Gasteiger partial charge in [0.15, 0.2) is 0 Å². The summed E-state index contributed by atoms with van der Waals surface area (Å²) in [5.74, 6) is -0.0491. The van der Waals surface area contributed by atoms with Crippen LogP contribution in [0.15, 0.2) is 78.9 Å². The number of aryl methyl sites for hydroxylation is 2. The maximum absolute atomic E-state index is 15.0. The maximum atomic E-state index is 15.0. The molecule has 3 nitrogen and oxygen atoms in total. The Morgan fingerprint density at radius 2 is 1.63 bits per heavy atom. The predicted octanol–water partition coefficient (Wildman–Crippen LogP) is 8.03. The van der Waals surface area contributed by atoms with Crippen LogP contribution in [0.5, 0.6) is 0 Å². The number of amides is 1. The third kappa shape index (κ3) is 5.37. The van der Waals surface area contributed by atoms with Crippen molar-refractivity contribution in [3.8, 4) is 0 Å². The Labute approximate surface area is 225 Å². The third-order valence-corrected chi connectivity index (χ3v) is 8.02. The highest BCUT2D eigenvalue weighted by molar-refractivity contribution is 5.94. The van der Waals surface area contributed by atoms with E-state index in [0.717, 1.165) is 36.1 Å². The fourth-order valence-corrected chi connectivity index (χ4v) is 5.85. The van der Waals surface area contributed by atoms with Crippen molar-refractivity contribution in [3.63, 3.8) is 0 Å². The van der Waals surface area contributed by atoms with E-state index in [4.69, 9.17) is 0 Å². The van der Waals surface area contributed by atoms with Crippen molar-refractivity contribution in [2.24, 2.45) is 0 Å². The summed E-state index contributed by atoms with van der Waals surface area (Å²) in [4.78, 5) is 14.9. The van der Waals surface area contributed by atoms with E-state index in [9.17, 15) is 4.79 Å². The van der Waals surface area contributed by atoms with Gasteiger partial charge >= 0.3 is 0 Å². The molecule has 0 bridgehead atoms. The molecule has 1 aliphatic rings. The van der Waals surface area contributed by atoms with Crippen molar-refractivity contribution >= 4 is 16.7 Å². The molecule has 1 saturated heterocycles. The molecule has 0 spiro atoms. The van der Waals surface area contributed by atoms with Crippen molar-refractivity contribution in [2.75, 3.05) is 13.1 Å². The highest BCUT2D eigenvalue weighted by atomic mass is 19.1. The summed E-state index contributed by atoms with van der Waals surface area (Å²) in [7, 11) is 0. The molecule has 0 aliphatic carbocycles. The number of halogens is 1. The lowest BCUT2D eigenvalue weighted by atomic mass is 9.91. The number of carbonyl (C=O) groups is 1. The van der Waals surface area contributed by atoms with E-state index in [-0.39, 0.29) is 29.7 Å². The number of rotatable bonds is 7. The summed E-state index contributed by atoms with van der Waals surface area (Å²) in [5.41, 5.74) is 6.25. The number of hydrogen-bond donors (Lipinski definition) is 1. The Hall–Kier alpha value is -3.50. The number of nitrogens with one attached hydrogen (secondary N) is 1. The second kappa shape index (κ2) is 11.1. The minimum absolute atomic E-state index is 0.0357. The molecule has 1 amide bonds. The summed E-state index contributed by atoms with van der Waals surface area (Å²) < 4.78 is 15.0. The highest BCUT2D eigenvalue weighted by Crippen LogP contribution is 2.46. The third-order valence-electron chi connectivity index (χ3n) is 8.02. The van der Waals surface area contributed by atoms with Crippen LogP contribution in [0, 0.1) is 19.7 Å². The Kier molecular flexibility index (Phi) is 7.62. The van der Waals surface area contributed by atoms with Crippen LogP contribution in [0.2, 0.25) is 0 Å². The van der Waals surface area contributed by atoms with Crippen molar-refractivity contribution < 1.29 is 9.18 Å². The number of carbonyl (C=O) groups excluding carboxylic acids is 1. The highest BCUT2D eigenvalue weighted by Gasteiger charge is 2.38. The lowest BCUT2D eigenvalue weighted by Gasteiger charge is -2.31. The molecule has 1 fully saturated rings. The second-order valence-electron chi connectivity index (χ2n) is 10.8. The van der Waals surface area contributed by atoms with Crippen LogP contribution in [0.1, 0.15) is 82.9 Å². The van der Waals surface area contributed by atoms with Crippen LogP contribution in [-0.4, -0.2) is 23.9 Å². The Morgan fingerprint density at radius 3 is 2.39 bits per heavy atom. The first kappa shape index (κ1) is 26.1. The molecule has 0 aromatic heterocycles. The van der Waals surface area contributed by atoms with E-state index in [2.05, 4.69) is 72.6 Å². The fourth-order valence-electron chi connectivity index (χ4n) is 5.85. The number of nitrogens with zero attached hydrogens (tertiary/aromatic N) is 1. The molecule has 1 unspecified atom stereocenters. The van der Waals surface area contributed by atoms with Crippen LogP contribution in [0.4, 0.5) is 4.39 Å². The van der Waals surface area contributed by atoms with Gasteiger partial charge in [-0.25, -0.2) is 4.39 Å². The Bertz CT molecular complexity index is 1450. The second-order valence-corrected chi connectivity index (χ2v) is 10.8. The predicted molar refractivity (Wildman–Crippen MR) is 154 cm³/mol. The SMILES string of the molecule is CCCNC(=O)c1ccc(C(C)N2C[C@H](c3cc(C)ccc3F)C[C@@H]2c2ccc3cc(C)ccc3c2)cc1. The molecule has 1 N–H and O–H groups in total. The van der Waals surface area contributed by atoms with Gasteiger partial charge in [-0.2, -0.15) is 0 Å². The number of hydrogen-bond acceptors (Lipinski definition) is 2. The lowest BCUT2D eigenvalue weighted by Crippen LogP contribution is -2.27. The molecule has 3 atom stereocenters. The summed E-state index contributed by atoms with van der Waals surface area (Å²) in [6.45, 7) is 9.86. The fraction of sp³-hybridized carbons (Fsp3) is 0.324. The van der Waals surface area contributed by atoms with E-state index in [1.165, 1.54) is 21.9 Å². The first-order chi connectivity index (χ1) is 18.3. The van der Waals surface area contributed by atoms with Gasteiger partial charge in [0, 0.05) is 36.7 Å². The molecule has 0 saturated carbocycles. The standard InChI is InChI=1S/C34H37FN2O/c1-5-16-36-34(38)26-11-9-25(10-12-26)24(4)37-21-30(31-18-23(3)7-15-32(31)35)20-33(37)29-14-13-27-17-22(2)6-8-28(27)19-29/h6-15,17-19,24,30,33H,5,16,20-21H2,1-4H3,(H,36,38)/t24?,30-,33-/m1/s1. The van der Waals surface area contributed by atoms with Crippen LogP contribution in [0.25, 0.3) is 10.8 Å². The lowest BCUT2D eigenvalue weighted by molar-refractivity contribution is 0.0953. The molecule has 38 heavy (non-hydrogen) atoms. The maximum Gasteiger partial charge on any atom is 0.251 e. The molecular weight excluding hydrogens is 471 g/mol. The first-order valence-corrected chi connectivity index (χ1v) is 13.7. The van der Waals surface area contributed by atoms with E-state index >= 15 is 4.39 Å². The van der Waals surface area contributed by atoms with Gasteiger partial charge in [-0.1, -0.05) is 72.6 Å². The van der Waals surface area contributed by atoms with Crippen molar-refractivity contribution in [3.05, 3.63) is 118 Å². The summed E-state index contributed by atoms with van der Waals surface area (Å²) in [6, 6.07) is 27.0. The quantitative estimate of drug-likeness (QED) is 0.274. The van der Waals surface area contributed by atoms with Gasteiger partial charge in [0.1, 0.15) is 5.82 Å². The molecule has 5 rings (SSSR count). The topological polar surface area (TPSA) is 32.3 Å². The molecule has 4 aromatic carbocycles. The van der Waals surface area contributed by atoms with Crippen LogP contribution in [-0.2, 0) is 0 Å². The average molecular weight is 509 g/mol. The van der Waals surface area contributed by atoms with Gasteiger partial charge in [-0.3, -0.25) is 9.69 Å². The molecule has 1 heterocycles. The molecule has 196 valence electrons. The smallest absolute Gasteiger partial charge is 0.251 e. The van der Waals surface area contributed by atoms with Crippen LogP contribution < -0.4 is 5.32 Å². The largest absolute Gasteiger partial charge is 0.352 e. The first-order valence-electron chi connectivity index (χ1n) is 13.7. The Balaban J connectivity index is 1.48. The van der Waals surface area contributed by atoms with Crippen molar-refractivity contribution in [2.45, 2.75) is 58.5 Å². The molecule has 0 radical (unpaired) electrons. The normalized spacial score (nSPS) is 18.6. The van der Waals surface area contributed by atoms with Gasteiger partial charge in [-0.15, -0.1) is 0 Å². The molecular formula is C34H37FN2O. The Morgan fingerprint density at radius 1 is 0.947 bits per heavy atom. The van der Waals surface area contributed by atoms with E-state index in [1.807, 2.05) is 38.1 Å². The van der Waals surface area contributed by atoms with E-state index in [0.29, 0.717) is 12.1 Å². The zero-order valence-electron chi connectivity index (χ0n) is 22.8. The minimum Gasteiger partial charge on any atom is -0.352 e. The molecule has 4 heteroatoms. The molecule has 1 aliphatic heterocycles. The van der Waals surface area contributed by atoms with E-state index < -0.39 is 0 Å². The van der Waals surface area contributed by atoms with Crippen LogP contribution >= 0.6 is 0 Å². The van der Waals surface area contributed by atoms with E-state index in [1.54, 1.807) is 6.07 Å². The summed E-state index contributed by atoms with van der Waals surface area (Å²) >= 11 is 0. The number of likely N-dealkylation sites (tertiary alicyclic amines) is 1.